The van der Waals surface area contributed by atoms with Gasteiger partial charge in [0, 0.05) is 5.54 Å². The number of nitrogens with zero attached hydrogens (tertiary/aromatic N) is 2. The molecule has 0 bridgehead atoms. The van der Waals surface area contributed by atoms with Gasteiger partial charge in [-0.2, -0.15) is 4.98 Å². The van der Waals surface area contributed by atoms with E-state index in [0.29, 0.717) is 24.0 Å². The first-order valence-electron chi connectivity index (χ1n) is 5.58. The van der Waals surface area contributed by atoms with Crippen LogP contribution in [0.3, 0.4) is 0 Å². The Bertz CT molecular complexity index is 494. The van der Waals surface area contributed by atoms with Crippen molar-refractivity contribution in [3.8, 4) is 11.6 Å². The summed E-state index contributed by atoms with van der Waals surface area (Å²) in [6.45, 7) is 8.75. The number of aryl methyl sites for hydroxylation is 1. The third-order valence-electron chi connectivity index (χ3n) is 2.30. The van der Waals surface area contributed by atoms with Crippen molar-refractivity contribution >= 4 is 0 Å². The molecular weight excluding hydrogens is 218 g/mol. The molecular formula is C12H17N3O2. The summed E-state index contributed by atoms with van der Waals surface area (Å²) < 4.78 is 10.5. The van der Waals surface area contributed by atoms with Crippen molar-refractivity contribution in [2.24, 2.45) is 0 Å². The Morgan fingerprint density at radius 2 is 2.12 bits per heavy atom. The maximum atomic E-state index is 5.30. The quantitative estimate of drug-likeness (QED) is 0.885. The maximum absolute atomic E-state index is 5.30. The lowest BCUT2D eigenvalue weighted by Crippen LogP contribution is -2.35. The summed E-state index contributed by atoms with van der Waals surface area (Å²) in [7, 11) is 0. The molecule has 1 N–H and O–H groups in total. The van der Waals surface area contributed by atoms with Crippen LogP contribution in [0.5, 0.6) is 0 Å². The maximum Gasteiger partial charge on any atom is 0.241 e. The predicted octanol–water partition coefficient (Wildman–Crippen LogP) is 2.53. The molecule has 0 atom stereocenters. The first-order chi connectivity index (χ1) is 7.96. The van der Waals surface area contributed by atoms with Gasteiger partial charge in [0.25, 0.3) is 0 Å². The van der Waals surface area contributed by atoms with E-state index in [9.17, 15) is 0 Å². The molecule has 0 spiro atoms. The van der Waals surface area contributed by atoms with Crippen LogP contribution in [-0.2, 0) is 6.54 Å². The van der Waals surface area contributed by atoms with Crippen molar-refractivity contribution in [3.05, 3.63) is 23.8 Å². The summed E-state index contributed by atoms with van der Waals surface area (Å²) in [6.07, 6.45) is 1.62. The predicted molar refractivity (Wildman–Crippen MR) is 63.3 cm³/mol. The Morgan fingerprint density at radius 3 is 2.71 bits per heavy atom. The van der Waals surface area contributed by atoms with Crippen LogP contribution >= 0.6 is 0 Å². The van der Waals surface area contributed by atoms with E-state index in [-0.39, 0.29) is 5.54 Å². The highest BCUT2D eigenvalue weighted by molar-refractivity contribution is 5.50. The number of furan rings is 1. The Labute approximate surface area is 100 Å². The normalized spacial score (nSPS) is 12.0. The van der Waals surface area contributed by atoms with Crippen molar-refractivity contribution in [2.75, 3.05) is 0 Å². The molecule has 2 rings (SSSR count). The van der Waals surface area contributed by atoms with Crippen LogP contribution in [-0.4, -0.2) is 15.7 Å². The summed E-state index contributed by atoms with van der Waals surface area (Å²) in [5.74, 6) is 1.72. The Hall–Kier alpha value is -1.62. The average molecular weight is 235 g/mol. The molecule has 17 heavy (non-hydrogen) atoms. The van der Waals surface area contributed by atoms with Crippen LogP contribution < -0.4 is 5.32 Å². The van der Waals surface area contributed by atoms with Gasteiger partial charge >= 0.3 is 0 Å². The molecule has 2 aromatic heterocycles. The molecule has 0 amide bonds. The van der Waals surface area contributed by atoms with Gasteiger partial charge in [0.05, 0.1) is 12.8 Å². The lowest BCUT2D eigenvalue weighted by molar-refractivity contribution is 0.336. The molecule has 2 heterocycles. The molecule has 0 aliphatic rings. The number of nitrogens with one attached hydrogen (secondary N) is 1. The average Bonchev–Trinajstić information content (AvgIpc) is 2.81. The van der Waals surface area contributed by atoms with Crippen molar-refractivity contribution in [1.29, 1.82) is 0 Å². The number of hydrogen-bond acceptors (Lipinski definition) is 5. The minimum atomic E-state index is 0.0230. The largest absolute Gasteiger partial charge is 0.461 e. The molecule has 2 aromatic rings. The molecule has 0 saturated heterocycles. The molecule has 0 aliphatic heterocycles. The molecule has 92 valence electrons. The van der Waals surface area contributed by atoms with E-state index in [2.05, 4.69) is 36.2 Å². The molecule has 0 radical (unpaired) electrons. The van der Waals surface area contributed by atoms with Gasteiger partial charge < -0.3 is 14.3 Å². The van der Waals surface area contributed by atoms with E-state index in [1.54, 1.807) is 6.26 Å². The molecule has 0 aromatic carbocycles. The SMILES string of the molecule is Cc1ccoc1-c1noc(CNC(C)(C)C)n1. The fourth-order valence-electron chi connectivity index (χ4n) is 1.36. The highest BCUT2D eigenvalue weighted by Crippen LogP contribution is 2.21. The minimum absolute atomic E-state index is 0.0230. The zero-order valence-corrected chi connectivity index (χ0v) is 10.6. The zero-order chi connectivity index (χ0) is 12.5. The van der Waals surface area contributed by atoms with Crippen molar-refractivity contribution in [3.63, 3.8) is 0 Å². The molecule has 0 aliphatic carbocycles. The minimum Gasteiger partial charge on any atom is -0.461 e. The first-order valence-corrected chi connectivity index (χ1v) is 5.58. The van der Waals surface area contributed by atoms with Crippen LogP contribution in [0.15, 0.2) is 21.3 Å². The third kappa shape index (κ3) is 2.94. The summed E-state index contributed by atoms with van der Waals surface area (Å²) >= 11 is 0. The van der Waals surface area contributed by atoms with E-state index in [1.165, 1.54) is 0 Å². The molecule has 0 unspecified atom stereocenters. The van der Waals surface area contributed by atoms with Gasteiger partial charge in [0.1, 0.15) is 0 Å². The van der Waals surface area contributed by atoms with Gasteiger partial charge in [0.2, 0.25) is 11.7 Å². The van der Waals surface area contributed by atoms with Gasteiger partial charge in [-0.05, 0) is 39.3 Å². The molecule has 5 heteroatoms. The lowest BCUT2D eigenvalue weighted by Gasteiger charge is -2.18. The summed E-state index contributed by atoms with van der Waals surface area (Å²) in [5, 5.41) is 7.18. The smallest absolute Gasteiger partial charge is 0.241 e. The van der Waals surface area contributed by atoms with Crippen molar-refractivity contribution in [2.45, 2.75) is 39.8 Å². The van der Waals surface area contributed by atoms with Gasteiger partial charge in [-0.1, -0.05) is 5.16 Å². The first kappa shape index (κ1) is 11.9. The van der Waals surface area contributed by atoms with Gasteiger partial charge in [-0.15, -0.1) is 0 Å². The highest BCUT2D eigenvalue weighted by Gasteiger charge is 2.15. The van der Waals surface area contributed by atoms with E-state index in [0.717, 1.165) is 5.56 Å². The van der Waals surface area contributed by atoms with E-state index >= 15 is 0 Å². The van der Waals surface area contributed by atoms with Crippen LogP contribution in [0.4, 0.5) is 0 Å². The van der Waals surface area contributed by atoms with Crippen LogP contribution in [0.1, 0.15) is 32.2 Å². The van der Waals surface area contributed by atoms with E-state index in [4.69, 9.17) is 8.94 Å². The highest BCUT2D eigenvalue weighted by atomic mass is 16.5. The second-order valence-electron chi connectivity index (χ2n) is 5.05. The molecule has 5 nitrogen and oxygen atoms in total. The third-order valence-corrected chi connectivity index (χ3v) is 2.30. The van der Waals surface area contributed by atoms with Crippen LogP contribution in [0.25, 0.3) is 11.6 Å². The van der Waals surface area contributed by atoms with Crippen LogP contribution in [0, 0.1) is 6.92 Å². The van der Waals surface area contributed by atoms with Gasteiger partial charge in [0.15, 0.2) is 5.76 Å². The topological polar surface area (TPSA) is 64.1 Å². The van der Waals surface area contributed by atoms with Crippen LogP contribution in [0.2, 0.25) is 0 Å². The number of rotatable bonds is 3. The standard InChI is InChI=1S/C12H17N3O2/c1-8-5-6-16-10(8)11-14-9(17-15-11)7-13-12(2,3)4/h5-6,13H,7H2,1-4H3. The molecule has 0 saturated carbocycles. The van der Waals surface area contributed by atoms with E-state index in [1.807, 2.05) is 13.0 Å². The Kier molecular flexibility index (Phi) is 3.02. The second-order valence-corrected chi connectivity index (χ2v) is 5.05. The fraction of sp³-hybridized carbons (Fsp3) is 0.500. The molecule has 0 fully saturated rings. The number of aromatic nitrogens is 2. The second kappa shape index (κ2) is 4.33. The van der Waals surface area contributed by atoms with Crippen molar-refractivity contribution < 1.29 is 8.94 Å². The fourth-order valence-corrected chi connectivity index (χ4v) is 1.36. The van der Waals surface area contributed by atoms with E-state index < -0.39 is 0 Å². The van der Waals surface area contributed by atoms with Gasteiger partial charge in [-0.3, -0.25) is 0 Å². The lowest BCUT2D eigenvalue weighted by atomic mass is 10.1. The summed E-state index contributed by atoms with van der Waals surface area (Å²) in [5.41, 5.74) is 1.02. The van der Waals surface area contributed by atoms with Gasteiger partial charge in [-0.25, -0.2) is 0 Å². The Morgan fingerprint density at radius 1 is 1.35 bits per heavy atom. The monoisotopic (exact) mass is 235 g/mol. The van der Waals surface area contributed by atoms with Crippen molar-refractivity contribution in [1.82, 2.24) is 15.5 Å². The summed E-state index contributed by atoms with van der Waals surface area (Å²) in [4.78, 5) is 4.28. The Balaban J connectivity index is 2.09. The number of hydrogen-bond donors (Lipinski definition) is 1. The zero-order valence-electron chi connectivity index (χ0n) is 10.6. The summed E-state index contributed by atoms with van der Waals surface area (Å²) in [6, 6.07) is 1.87.